The van der Waals surface area contributed by atoms with E-state index in [9.17, 15) is 24.6 Å². The maximum atomic E-state index is 14.0. The molecule has 2 aromatic rings. The molecule has 0 aliphatic carbocycles. The van der Waals surface area contributed by atoms with Gasteiger partial charge in [0.1, 0.15) is 23.6 Å². The summed E-state index contributed by atoms with van der Waals surface area (Å²) in [7, 11) is 6.98. The molecule has 0 aromatic heterocycles. The van der Waals surface area contributed by atoms with Crippen LogP contribution in [0.5, 0.6) is 11.5 Å². The molecule has 7 N–H and O–H groups in total. The molecule has 3 amide bonds. The third-order valence-corrected chi connectivity index (χ3v) is 8.05. The van der Waals surface area contributed by atoms with Gasteiger partial charge >= 0.3 is 0 Å². The van der Waals surface area contributed by atoms with Gasteiger partial charge in [0.2, 0.25) is 17.7 Å². The zero-order chi connectivity index (χ0) is 31.4. The zero-order valence-corrected chi connectivity index (χ0v) is 25.8. The molecule has 2 aromatic carbocycles. The third-order valence-electron chi connectivity index (χ3n) is 8.05. The highest BCUT2D eigenvalue weighted by atomic mass is 16.3. The minimum atomic E-state index is -0.921. The highest BCUT2D eigenvalue weighted by molar-refractivity contribution is 5.93. The van der Waals surface area contributed by atoms with Crippen LogP contribution in [-0.4, -0.2) is 98.8 Å². The van der Waals surface area contributed by atoms with Crippen LogP contribution in [0.3, 0.4) is 0 Å². The number of phenolic OH excluding ortho intramolecular Hbond substituents is 2. The molecule has 43 heavy (non-hydrogen) atoms. The lowest BCUT2D eigenvalue weighted by Gasteiger charge is -2.32. The number of fused-ring (bicyclic) bond motifs is 5. The molecule has 0 unspecified atom stereocenters. The highest BCUT2D eigenvalue weighted by Gasteiger charge is 2.34. The summed E-state index contributed by atoms with van der Waals surface area (Å²) in [4.78, 5) is 42.5. The Morgan fingerprint density at radius 2 is 1.42 bits per heavy atom. The highest BCUT2D eigenvalue weighted by Crippen LogP contribution is 2.31. The molecule has 11 heteroatoms. The molecule has 0 saturated carbocycles. The van der Waals surface area contributed by atoms with Crippen molar-refractivity contribution >= 4 is 17.7 Å². The van der Waals surface area contributed by atoms with Crippen LogP contribution in [0.15, 0.2) is 36.4 Å². The molecule has 236 valence electrons. The van der Waals surface area contributed by atoms with E-state index in [2.05, 4.69) is 26.6 Å². The number of rotatable bonds is 12. The lowest BCUT2D eigenvalue weighted by Crippen LogP contribution is -2.57. The zero-order valence-electron chi connectivity index (χ0n) is 25.8. The molecule has 1 heterocycles. The van der Waals surface area contributed by atoms with Crippen molar-refractivity contribution in [2.75, 3.05) is 47.8 Å². The van der Waals surface area contributed by atoms with Gasteiger partial charge in [-0.15, -0.1) is 0 Å². The van der Waals surface area contributed by atoms with Crippen molar-refractivity contribution < 1.29 is 24.6 Å². The first kappa shape index (κ1) is 33.8. The van der Waals surface area contributed by atoms with Crippen LogP contribution < -0.4 is 26.6 Å². The number of hydrogen-bond donors (Lipinski definition) is 7. The van der Waals surface area contributed by atoms with Crippen LogP contribution in [-0.2, 0) is 27.2 Å². The van der Waals surface area contributed by atoms with Gasteiger partial charge in [0.05, 0.1) is 6.04 Å². The van der Waals surface area contributed by atoms with E-state index in [4.69, 9.17) is 0 Å². The minimum Gasteiger partial charge on any atom is -0.508 e. The van der Waals surface area contributed by atoms with Crippen LogP contribution in [0, 0.1) is 0 Å². The van der Waals surface area contributed by atoms with Gasteiger partial charge in [-0.25, -0.2) is 0 Å². The first-order valence-corrected chi connectivity index (χ1v) is 15.2. The summed E-state index contributed by atoms with van der Waals surface area (Å²) in [6.45, 7) is 2.06. The molecule has 4 bridgehead atoms. The molecule has 11 nitrogen and oxygen atoms in total. The number of nitrogens with zero attached hydrogens (tertiary/aromatic N) is 1. The second kappa shape index (κ2) is 16.8. The predicted molar refractivity (Wildman–Crippen MR) is 168 cm³/mol. The fraction of sp³-hybridized carbons (Fsp3) is 0.531. The average Bonchev–Trinajstić information content (AvgIpc) is 3.00. The van der Waals surface area contributed by atoms with E-state index in [1.165, 1.54) is 4.90 Å². The lowest BCUT2D eigenvalue weighted by atomic mass is 9.95. The number of hydrogen-bond acceptors (Lipinski definition) is 8. The predicted octanol–water partition coefficient (Wildman–Crippen LogP) is 1.27. The smallest absolute Gasteiger partial charge is 0.245 e. The average molecular weight is 597 g/mol. The van der Waals surface area contributed by atoms with Gasteiger partial charge in [-0.1, -0.05) is 12.1 Å². The Morgan fingerprint density at radius 3 is 2.00 bits per heavy atom. The van der Waals surface area contributed by atoms with E-state index in [0.29, 0.717) is 30.5 Å². The number of nitrogens with one attached hydrogen (secondary N) is 5. The van der Waals surface area contributed by atoms with E-state index in [1.807, 2.05) is 26.2 Å². The summed E-state index contributed by atoms with van der Waals surface area (Å²) in [5.41, 5.74) is 2.65. The van der Waals surface area contributed by atoms with E-state index in [-0.39, 0.29) is 42.1 Å². The Kier molecular flexibility index (Phi) is 13.2. The number of unbranched alkanes of at least 4 members (excludes halogenated alkanes) is 2. The van der Waals surface area contributed by atoms with Crippen molar-refractivity contribution in [3.05, 3.63) is 47.5 Å². The molecule has 0 radical (unpaired) electrons. The monoisotopic (exact) mass is 596 g/mol. The molecule has 0 saturated heterocycles. The Balaban J connectivity index is 2.05. The summed E-state index contributed by atoms with van der Waals surface area (Å²) >= 11 is 0. The number of likely N-dealkylation sites (N-methyl/N-ethyl adjacent to an activating group) is 2. The van der Waals surface area contributed by atoms with Gasteiger partial charge in [0.25, 0.3) is 0 Å². The van der Waals surface area contributed by atoms with Crippen molar-refractivity contribution in [3.8, 4) is 22.6 Å². The number of aromatic hydroxyl groups is 2. The maximum absolute atomic E-state index is 14.0. The molecule has 1 aliphatic rings. The number of carbonyl (C=O) groups is 3. The van der Waals surface area contributed by atoms with Crippen LogP contribution in [0.25, 0.3) is 11.1 Å². The van der Waals surface area contributed by atoms with Crippen molar-refractivity contribution in [2.24, 2.45) is 0 Å². The van der Waals surface area contributed by atoms with Gasteiger partial charge in [0.15, 0.2) is 0 Å². The van der Waals surface area contributed by atoms with Crippen molar-refractivity contribution in [1.29, 1.82) is 0 Å². The van der Waals surface area contributed by atoms with Crippen molar-refractivity contribution in [2.45, 2.75) is 63.1 Å². The fourth-order valence-corrected chi connectivity index (χ4v) is 5.35. The Bertz CT molecular complexity index is 1240. The van der Waals surface area contributed by atoms with E-state index in [0.717, 1.165) is 43.5 Å². The molecular weight excluding hydrogens is 548 g/mol. The standard InChI is InChI=1S/C32H48N6O5/c1-33-14-6-5-9-25-32(43)38(4)27(31(42)36-16-8-7-15-34-2)20-24-18-22(11-13-29(24)40)21-10-12-28(39)23(17-21)19-26(35-3)30(41)37-25/h10-13,17-18,25-27,33-35,39-40H,5-9,14-16,19-20H2,1-4H3,(H,36,42)(H,37,41)/t25-,26-,27-/m0/s1. The Morgan fingerprint density at radius 1 is 0.860 bits per heavy atom. The lowest BCUT2D eigenvalue weighted by molar-refractivity contribution is -0.142. The van der Waals surface area contributed by atoms with Crippen LogP contribution in [0.2, 0.25) is 0 Å². The normalized spacial score (nSPS) is 19.3. The SMILES string of the molecule is CNCCCCNC(=O)[C@@H]1Cc2cc(ccc2O)-c2ccc(O)c(c2)C[C@H](NC)C(=O)N[C@@H](CCCCNC)C(=O)N1C. The van der Waals surface area contributed by atoms with E-state index < -0.39 is 18.1 Å². The quantitative estimate of drug-likeness (QED) is 0.181. The Labute approximate surface area is 254 Å². The second-order valence-electron chi connectivity index (χ2n) is 11.2. The maximum Gasteiger partial charge on any atom is 0.245 e. The topological polar surface area (TPSA) is 155 Å². The molecule has 1 aliphatic heterocycles. The number of benzene rings is 2. The summed E-state index contributed by atoms with van der Waals surface area (Å²) < 4.78 is 0. The van der Waals surface area contributed by atoms with Gasteiger partial charge in [-0.3, -0.25) is 14.4 Å². The minimum absolute atomic E-state index is 0.0203. The first-order chi connectivity index (χ1) is 20.7. The number of phenols is 2. The summed E-state index contributed by atoms with van der Waals surface area (Å²) in [6.07, 6.45) is 3.83. The summed E-state index contributed by atoms with van der Waals surface area (Å²) in [5, 5.41) is 36.6. The van der Waals surface area contributed by atoms with Crippen LogP contribution in [0.1, 0.15) is 43.2 Å². The fourth-order valence-electron chi connectivity index (χ4n) is 5.35. The molecule has 3 atom stereocenters. The van der Waals surface area contributed by atoms with Crippen molar-refractivity contribution in [3.63, 3.8) is 0 Å². The van der Waals surface area contributed by atoms with E-state index >= 15 is 0 Å². The molecule has 3 rings (SSSR count). The molecule has 0 spiro atoms. The van der Waals surface area contributed by atoms with Gasteiger partial charge in [-0.2, -0.15) is 0 Å². The molecule has 0 fully saturated rings. The summed E-state index contributed by atoms with van der Waals surface area (Å²) in [5.74, 6) is -0.990. The van der Waals surface area contributed by atoms with Gasteiger partial charge < -0.3 is 41.7 Å². The second-order valence-corrected chi connectivity index (χ2v) is 11.2. The summed E-state index contributed by atoms with van der Waals surface area (Å²) in [6, 6.07) is 7.85. The van der Waals surface area contributed by atoms with Gasteiger partial charge in [0, 0.05) is 26.4 Å². The number of amides is 3. The number of carbonyl (C=O) groups excluding carboxylic acids is 3. The third kappa shape index (κ3) is 9.41. The van der Waals surface area contributed by atoms with Gasteiger partial charge in [-0.05, 0) is 113 Å². The molecular formula is C32H48N6O5. The van der Waals surface area contributed by atoms with Crippen LogP contribution in [0.4, 0.5) is 0 Å². The van der Waals surface area contributed by atoms with Crippen molar-refractivity contribution in [1.82, 2.24) is 31.5 Å². The van der Waals surface area contributed by atoms with E-state index in [1.54, 1.807) is 38.4 Å². The first-order valence-electron chi connectivity index (χ1n) is 15.2. The Hall–Kier alpha value is -3.67. The van der Waals surface area contributed by atoms with Crippen LogP contribution >= 0.6 is 0 Å². The largest absolute Gasteiger partial charge is 0.508 e.